The van der Waals surface area contributed by atoms with Gasteiger partial charge in [0.25, 0.3) is 17.7 Å². The molecule has 0 saturated heterocycles. The average molecular weight is 479 g/mol. The van der Waals surface area contributed by atoms with Gasteiger partial charge in [-0.3, -0.25) is 14.4 Å². The normalized spacial score (nSPS) is 13.4. The lowest BCUT2D eigenvalue weighted by molar-refractivity contribution is -0.124. The van der Waals surface area contributed by atoms with Crippen LogP contribution in [0.15, 0.2) is 91.0 Å². The second-order valence-corrected chi connectivity index (χ2v) is 8.51. The lowest BCUT2D eigenvalue weighted by atomic mass is 10.0. The zero-order valence-electron chi connectivity index (χ0n) is 19.4. The molecule has 1 unspecified atom stereocenters. The fraction of sp³-hybridized carbons (Fsp3) is 0.103. The van der Waals surface area contributed by atoms with Crippen LogP contribution in [0.2, 0.25) is 0 Å². The third kappa shape index (κ3) is 4.34. The Balaban J connectivity index is 1.18. The molecule has 4 aromatic carbocycles. The van der Waals surface area contributed by atoms with E-state index in [0.29, 0.717) is 16.8 Å². The fourth-order valence-electron chi connectivity index (χ4n) is 4.23. The third-order valence-electron chi connectivity index (χ3n) is 6.14. The summed E-state index contributed by atoms with van der Waals surface area (Å²) >= 11 is 0. The Morgan fingerprint density at radius 2 is 1.42 bits per heavy atom. The van der Waals surface area contributed by atoms with Crippen LogP contribution in [0.25, 0.3) is 10.8 Å². The first-order chi connectivity index (χ1) is 17.4. The summed E-state index contributed by atoms with van der Waals surface area (Å²) in [7, 11) is 0. The number of nitrogens with one attached hydrogen (secondary N) is 1. The van der Waals surface area contributed by atoms with E-state index in [9.17, 15) is 19.2 Å². The number of anilines is 1. The van der Waals surface area contributed by atoms with Crippen molar-refractivity contribution < 1.29 is 23.9 Å². The molecule has 178 valence electrons. The molecule has 0 saturated carbocycles. The summed E-state index contributed by atoms with van der Waals surface area (Å²) in [6, 6.07) is 26.2. The van der Waals surface area contributed by atoms with E-state index in [0.717, 1.165) is 21.2 Å². The van der Waals surface area contributed by atoms with Crippen molar-refractivity contribution in [3.63, 3.8) is 0 Å². The van der Waals surface area contributed by atoms with Crippen molar-refractivity contribution in [2.24, 2.45) is 0 Å². The van der Waals surface area contributed by atoms with Crippen LogP contribution in [-0.2, 0) is 9.53 Å². The Hall–Kier alpha value is -4.78. The molecule has 0 fully saturated rings. The van der Waals surface area contributed by atoms with Crippen molar-refractivity contribution in [2.45, 2.75) is 13.0 Å². The average Bonchev–Trinajstić information content (AvgIpc) is 3.16. The summed E-state index contributed by atoms with van der Waals surface area (Å²) in [4.78, 5) is 51.1. The number of ether oxygens (including phenoxy) is 1. The van der Waals surface area contributed by atoms with Gasteiger partial charge < -0.3 is 10.1 Å². The van der Waals surface area contributed by atoms with Crippen molar-refractivity contribution >= 4 is 40.2 Å². The molecule has 0 aromatic heterocycles. The van der Waals surface area contributed by atoms with Gasteiger partial charge in [-0.15, -0.1) is 0 Å². The molecule has 3 amide bonds. The van der Waals surface area contributed by atoms with Crippen molar-refractivity contribution in [2.75, 3.05) is 11.5 Å². The highest BCUT2D eigenvalue weighted by molar-refractivity contribution is 6.34. The molecule has 0 spiro atoms. The molecule has 5 rings (SSSR count). The molecule has 1 aliphatic heterocycles. The maximum atomic E-state index is 12.6. The van der Waals surface area contributed by atoms with Gasteiger partial charge in [0.1, 0.15) is 0 Å². The summed E-state index contributed by atoms with van der Waals surface area (Å²) in [6.45, 7) is 1.43. The summed E-state index contributed by atoms with van der Waals surface area (Å²) in [5, 5.41) is 5.02. The Labute approximate surface area is 207 Å². The summed E-state index contributed by atoms with van der Waals surface area (Å²) in [5.41, 5.74) is 2.17. The number of amides is 3. The standard InChI is InChI=1S/C29H22N2O5/c1-18(21-11-10-19-6-2-3-7-22(19)16-21)30-26(32)17-36-29(35)20-12-14-23(15-13-20)31-27(33)24-8-4-5-9-25(24)28(31)34/h2-16,18H,17H2,1H3,(H,30,32). The maximum absolute atomic E-state index is 12.6. The summed E-state index contributed by atoms with van der Waals surface area (Å²) in [6.07, 6.45) is 0. The van der Waals surface area contributed by atoms with Crippen LogP contribution in [0.1, 0.15) is 49.6 Å². The molecule has 1 heterocycles. The molecule has 1 atom stereocenters. The fourth-order valence-corrected chi connectivity index (χ4v) is 4.23. The van der Waals surface area contributed by atoms with E-state index in [1.807, 2.05) is 49.4 Å². The first-order valence-corrected chi connectivity index (χ1v) is 11.5. The predicted molar refractivity (Wildman–Crippen MR) is 135 cm³/mol. The molecular formula is C29H22N2O5. The first kappa shape index (κ1) is 23.0. The van der Waals surface area contributed by atoms with Gasteiger partial charge in [-0.2, -0.15) is 0 Å². The first-order valence-electron chi connectivity index (χ1n) is 11.5. The number of rotatable bonds is 6. The largest absolute Gasteiger partial charge is 0.452 e. The third-order valence-corrected chi connectivity index (χ3v) is 6.14. The molecule has 0 radical (unpaired) electrons. The zero-order valence-corrected chi connectivity index (χ0v) is 19.4. The number of hydrogen-bond donors (Lipinski definition) is 1. The topological polar surface area (TPSA) is 92.8 Å². The molecule has 4 aromatic rings. The number of esters is 1. The smallest absolute Gasteiger partial charge is 0.338 e. The SMILES string of the molecule is CC(NC(=O)COC(=O)c1ccc(N2C(=O)c3ccccc3C2=O)cc1)c1ccc2ccccc2c1. The zero-order chi connectivity index (χ0) is 25.2. The van der Waals surface area contributed by atoms with Crippen molar-refractivity contribution in [3.8, 4) is 0 Å². The van der Waals surface area contributed by atoms with Gasteiger partial charge >= 0.3 is 5.97 Å². The van der Waals surface area contributed by atoms with E-state index >= 15 is 0 Å². The molecule has 0 bridgehead atoms. The quantitative estimate of drug-likeness (QED) is 0.321. The molecule has 7 heteroatoms. The number of nitrogens with zero attached hydrogens (tertiary/aromatic N) is 1. The lowest BCUT2D eigenvalue weighted by Crippen LogP contribution is -2.31. The van der Waals surface area contributed by atoms with Crippen LogP contribution in [0.4, 0.5) is 5.69 Å². The van der Waals surface area contributed by atoms with E-state index in [4.69, 9.17) is 4.74 Å². The second kappa shape index (κ2) is 9.46. The lowest BCUT2D eigenvalue weighted by Gasteiger charge is -2.16. The molecule has 1 N–H and O–H groups in total. The molecular weight excluding hydrogens is 456 g/mol. The Bertz CT molecular complexity index is 1470. The minimum absolute atomic E-state index is 0.200. The summed E-state index contributed by atoms with van der Waals surface area (Å²) in [5.74, 6) is -1.93. The number of fused-ring (bicyclic) bond motifs is 2. The highest BCUT2D eigenvalue weighted by Crippen LogP contribution is 2.28. The van der Waals surface area contributed by atoms with Crippen molar-refractivity contribution in [1.29, 1.82) is 0 Å². The van der Waals surface area contributed by atoms with Gasteiger partial charge in [0.05, 0.1) is 28.4 Å². The van der Waals surface area contributed by atoms with E-state index in [1.54, 1.807) is 24.3 Å². The Morgan fingerprint density at radius 3 is 2.08 bits per heavy atom. The number of carbonyl (C=O) groups excluding carboxylic acids is 4. The number of imide groups is 1. The monoisotopic (exact) mass is 478 g/mol. The van der Waals surface area contributed by atoms with Crippen LogP contribution in [0.5, 0.6) is 0 Å². The highest BCUT2D eigenvalue weighted by atomic mass is 16.5. The summed E-state index contributed by atoms with van der Waals surface area (Å²) < 4.78 is 5.16. The second-order valence-electron chi connectivity index (χ2n) is 8.51. The van der Waals surface area contributed by atoms with Crippen molar-refractivity contribution in [3.05, 3.63) is 113 Å². The van der Waals surface area contributed by atoms with Crippen LogP contribution in [0, 0.1) is 0 Å². The molecule has 0 aliphatic carbocycles. The number of hydrogen-bond acceptors (Lipinski definition) is 5. The molecule has 1 aliphatic rings. The van der Waals surface area contributed by atoms with Gasteiger partial charge in [0.15, 0.2) is 6.61 Å². The predicted octanol–water partition coefficient (Wildman–Crippen LogP) is 4.67. The molecule has 7 nitrogen and oxygen atoms in total. The van der Waals surface area contributed by atoms with Gasteiger partial charge in [0.2, 0.25) is 0 Å². The van der Waals surface area contributed by atoms with Gasteiger partial charge in [-0.1, -0.05) is 48.5 Å². The van der Waals surface area contributed by atoms with Crippen molar-refractivity contribution in [1.82, 2.24) is 5.32 Å². The van der Waals surface area contributed by atoms with Gasteiger partial charge in [-0.05, 0) is 65.7 Å². The minimum atomic E-state index is -0.683. The number of benzene rings is 4. The Morgan fingerprint density at radius 1 is 0.806 bits per heavy atom. The van der Waals surface area contributed by atoms with Crippen LogP contribution in [-0.4, -0.2) is 30.3 Å². The van der Waals surface area contributed by atoms with E-state index < -0.39 is 30.3 Å². The van der Waals surface area contributed by atoms with Crippen LogP contribution in [0.3, 0.4) is 0 Å². The van der Waals surface area contributed by atoms with E-state index in [2.05, 4.69) is 5.32 Å². The van der Waals surface area contributed by atoms with Crippen LogP contribution >= 0.6 is 0 Å². The minimum Gasteiger partial charge on any atom is -0.452 e. The maximum Gasteiger partial charge on any atom is 0.338 e. The van der Waals surface area contributed by atoms with Crippen LogP contribution < -0.4 is 10.2 Å². The van der Waals surface area contributed by atoms with Gasteiger partial charge in [0, 0.05) is 0 Å². The number of carbonyl (C=O) groups is 4. The Kier molecular flexibility index (Phi) is 6.04. The molecule has 36 heavy (non-hydrogen) atoms. The van der Waals surface area contributed by atoms with Gasteiger partial charge in [-0.25, -0.2) is 9.69 Å². The highest BCUT2D eigenvalue weighted by Gasteiger charge is 2.36. The van der Waals surface area contributed by atoms with E-state index in [-0.39, 0.29) is 11.6 Å². The van der Waals surface area contributed by atoms with E-state index in [1.165, 1.54) is 24.3 Å².